The molecule has 160 valence electrons. The molecule has 30 heavy (non-hydrogen) atoms. The van der Waals surface area contributed by atoms with Crippen molar-refractivity contribution in [3.05, 3.63) is 64.0 Å². The third-order valence-electron chi connectivity index (χ3n) is 4.30. The molecule has 0 aliphatic carbocycles. The molecule has 1 amide bonds. The molecule has 0 radical (unpaired) electrons. The van der Waals surface area contributed by atoms with E-state index in [2.05, 4.69) is 5.16 Å². The summed E-state index contributed by atoms with van der Waals surface area (Å²) in [6.07, 6.45) is 4.60. The van der Waals surface area contributed by atoms with Gasteiger partial charge in [0, 0.05) is 24.6 Å². The number of rotatable bonds is 7. The van der Waals surface area contributed by atoms with Crippen molar-refractivity contribution in [3.63, 3.8) is 0 Å². The highest BCUT2D eigenvalue weighted by Gasteiger charge is 2.37. The van der Waals surface area contributed by atoms with Crippen molar-refractivity contribution < 1.29 is 31.6 Å². The van der Waals surface area contributed by atoms with Crippen molar-refractivity contribution in [3.8, 4) is 0 Å². The van der Waals surface area contributed by atoms with Crippen molar-refractivity contribution in [2.75, 3.05) is 12.8 Å². The molecule has 2 heterocycles. The van der Waals surface area contributed by atoms with E-state index in [0.717, 1.165) is 6.26 Å². The number of hydrogen-bond acceptors (Lipinski definition) is 9. The number of nitro groups is 1. The molecule has 3 rings (SSSR count). The number of hydrogen-bond donors (Lipinski definition) is 0. The van der Waals surface area contributed by atoms with Gasteiger partial charge in [-0.05, 0) is 23.8 Å². The third kappa shape index (κ3) is 5.87. The minimum absolute atomic E-state index is 0.0254. The lowest BCUT2D eigenvalue weighted by Crippen LogP contribution is -2.35. The fourth-order valence-electron chi connectivity index (χ4n) is 2.99. The van der Waals surface area contributed by atoms with Crippen LogP contribution in [-0.4, -0.2) is 54.4 Å². The summed E-state index contributed by atoms with van der Waals surface area (Å²) in [6, 6.07) is 6.77. The summed E-state index contributed by atoms with van der Waals surface area (Å²) in [5.74, 6) is 0.474. The second-order valence-electron chi connectivity index (χ2n) is 6.63. The summed E-state index contributed by atoms with van der Waals surface area (Å²) in [5, 5.41) is 14.3. The molecular weight excluding hydrogens is 418 g/mol. The number of benzene rings is 1. The van der Waals surface area contributed by atoms with E-state index >= 15 is 0 Å². The second-order valence-corrected chi connectivity index (χ2v) is 8.23. The maximum Gasteiger partial charge on any atom is 0.410 e. The lowest BCUT2D eigenvalue weighted by molar-refractivity contribution is -0.384. The molecule has 1 aliphatic rings. The average molecular weight is 437 g/mol. The first-order valence-corrected chi connectivity index (χ1v) is 10.7. The highest BCUT2D eigenvalue weighted by Crippen LogP contribution is 2.25. The standard InChI is InChI=1S/C18H19N3O8S/c1-30(25,26)29-17-10-15(6-7-16-8-9-19-28-16)20(11-17)18(22)27-12-13-2-4-14(5-3-13)21(23)24/h2-9,15,17H,10-12H2,1H3/t15-,17+/m1/s1. The van der Waals surface area contributed by atoms with Gasteiger partial charge in [-0.25, -0.2) is 4.79 Å². The Morgan fingerprint density at radius 1 is 1.37 bits per heavy atom. The fourth-order valence-corrected chi connectivity index (χ4v) is 3.63. The van der Waals surface area contributed by atoms with E-state index in [9.17, 15) is 23.3 Å². The number of aromatic nitrogens is 1. The number of carbonyl (C=O) groups is 1. The van der Waals surface area contributed by atoms with E-state index in [1.54, 1.807) is 18.2 Å². The van der Waals surface area contributed by atoms with Gasteiger partial charge in [0.05, 0.1) is 36.1 Å². The smallest absolute Gasteiger partial charge is 0.410 e. The van der Waals surface area contributed by atoms with E-state index in [1.165, 1.54) is 35.4 Å². The zero-order valence-corrected chi connectivity index (χ0v) is 16.7. The van der Waals surface area contributed by atoms with E-state index in [0.29, 0.717) is 11.3 Å². The normalized spacial score (nSPS) is 19.3. The molecule has 0 N–H and O–H groups in total. The first-order chi connectivity index (χ1) is 14.2. The van der Waals surface area contributed by atoms with Crippen molar-refractivity contribution in [1.82, 2.24) is 10.1 Å². The van der Waals surface area contributed by atoms with Crippen LogP contribution in [0.15, 0.2) is 47.1 Å². The topological polar surface area (TPSA) is 142 Å². The first kappa shape index (κ1) is 21.5. The van der Waals surface area contributed by atoms with Gasteiger partial charge in [-0.1, -0.05) is 11.2 Å². The van der Waals surface area contributed by atoms with Gasteiger partial charge in [0.2, 0.25) is 0 Å². The molecular formula is C18H19N3O8S. The van der Waals surface area contributed by atoms with Gasteiger partial charge in [0.15, 0.2) is 5.76 Å². The van der Waals surface area contributed by atoms with Gasteiger partial charge < -0.3 is 9.26 Å². The molecule has 1 fully saturated rings. The number of nitro benzene ring substituents is 1. The van der Waals surface area contributed by atoms with Crippen LogP contribution in [0.3, 0.4) is 0 Å². The number of amides is 1. The lowest BCUT2D eigenvalue weighted by atomic mass is 10.2. The minimum atomic E-state index is -3.69. The molecule has 2 atom stereocenters. The van der Waals surface area contributed by atoms with Crippen LogP contribution in [0.4, 0.5) is 10.5 Å². The van der Waals surface area contributed by atoms with Crippen LogP contribution in [0.25, 0.3) is 6.08 Å². The highest BCUT2D eigenvalue weighted by atomic mass is 32.2. The predicted molar refractivity (Wildman–Crippen MR) is 104 cm³/mol. The van der Waals surface area contributed by atoms with Gasteiger partial charge in [-0.15, -0.1) is 0 Å². The number of nitrogens with zero attached hydrogens (tertiary/aromatic N) is 3. The van der Waals surface area contributed by atoms with E-state index in [1.807, 2.05) is 0 Å². The van der Waals surface area contributed by atoms with E-state index in [4.69, 9.17) is 13.4 Å². The Morgan fingerprint density at radius 3 is 2.70 bits per heavy atom. The Bertz CT molecular complexity index is 1020. The number of non-ortho nitro benzene ring substituents is 1. The molecule has 1 aromatic heterocycles. The summed E-state index contributed by atoms with van der Waals surface area (Å²) >= 11 is 0. The zero-order valence-electron chi connectivity index (χ0n) is 15.9. The molecule has 0 unspecified atom stereocenters. The van der Waals surface area contributed by atoms with Gasteiger partial charge in [-0.2, -0.15) is 8.42 Å². The van der Waals surface area contributed by atoms with Crippen molar-refractivity contribution in [1.29, 1.82) is 0 Å². The van der Waals surface area contributed by atoms with Crippen LogP contribution in [0.2, 0.25) is 0 Å². The molecule has 11 nitrogen and oxygen atoms in total. The minimum Gasteiger partial charge on any atom is -0.445 e. The molecule has 1 saturated heterocycles. The second kappa shape index (κ2) is 9.05. The fraction of sp³-hybridized carbons (Fsp3) is 0.333. The highest BCUT2D eigenvalue weighted by molar-refractivity contribution is 7.86. The van der Waals surface area contributed by atoms with Gasteiger partial charge in [-0.3, -0.25) is 19.2 Å². The molecule has 0 spiro atoms. The monoisotopic (exact) mass is 437 g/mol. The van der Waals surface area contributed by atoms with Gasteiger partial charge in [0.1, 0.15) is 6.61 Å². The number of ether oxygens (including phenoxy) is 1. The van der Waals surface area contributed by atoms with E-state index in [-0.39, 0.29) is 25.3 Å². The van der Waals surface area contributed by atoms with Crippen molar-refractivity contribution >= 4 is 28.0 Å². The molecule has 1 aliphatic heterocycles. The van der Waals surface area contributed by atoms with Crippen LogP contribution in [0.5, 0.6) is 0 Å². The predicted octanol–water partition coefficient (Wildman–Crippen LogP) is 2.35. The van der Waals surface area contributed by atoms with Gasteiger partial charge >= 0.3 is 6.09 Å². The molecule has 0 bridgehead atoms. The largest absolute Gasteiger partial charge is 0.445 e. The van der Waals surface area contributed by atoms with Crippen molar-refractivity contribution in [2.24, 2.45) is 0 Å². The van der Waals surface area contributed by atoms with Crippen LogP contribution < -0.4 is 0 Å². The number of likely N-dealkylation sites (tertiary alicyclic amines) is 1. The molecule has 2 aromatic rings. The van der Waals surface area contributed by atoms with Crippen LogP contribution in [-0.2, 0) is 25.6 Å². The molecule has 1 aromatic carbocycles. The summed E-state index contributed by atoms with van der Waals surface area (Å²) in [4.78, 5) is 24.1. The first-order valence-electron chi connectivity index (χ1n) is 8.85. The Labute approximate surface area is 172 Å². The molecule has 0 saturated carbocycles. The number of carbonyl (C=O) groups excluding carboxylic acids is 1. The zero-order chi connectivity index (χ0) is 21.7. The quantitative estimate of drug-likeness (QED) is 0.362. The summed E-state index contributed by atoms with van der Waals surface area (Å²) in [6.45, 7) is -0.0684. The maximum atomic E-state index is 12.6. The van der Waals surface area contributed by atoms with Crippen molar-refractivity contribution in [2.45, 2.75) is 25.2 Å². The molecule has 12 heteroatoms. The Kier molecular flexibility index (Phi) is 6.47. The SMILES string of the molecule is CS(=O)(=O)O[C@H]1C[C@@H](C=Cc2ccno2)N(C(=O)OCc2ccc([N+](=O)[O-])cc2)C1. The Hall–Kier alpha value is -3.25. The van der Waals surface area contributed by atoms with Crippen LogP contribution in [0, 0.1) is 10.1 Å². The maximum absolute atomic E-state index is 12.6. The average Bonchev–Trinajstić information content (AvgIpc) is 3.33. The summed E-state index contributed by atoms with van der Waals surface area (Å²) in [5.41, 5.74) is 0.508. The van der Waals surface area contributed by atoms with Crippen LogP contribution >= 0.6 is 0 Å². The lowest BCUT2D eigenvalue weighted by Gasteiger charge is -2.21. The van der Waals surface area contributed by atoms with Gasteiger partial charge in [0.25, 0.3) is 15.8 Å². The van der Waals surface area contributed by atoms with E-state index < -0.39 is 33.3 Å². The Morgan fingerprint density at radius 2 is 2.10 bits per heavy atom. The van der Waals surface area contributed by atoms with Crippen LogP contribution in [0.1, 0.15) is 17.7 Å². The summed E-state index contributed by atoms with van der Waals surface area (Å²) in [7, 11) is -3.69. The third-order valence-corrected chi connectivity index (χ3v) is 4.92. The summed E-state index contributed by atoms with van der Waals surface area (Å²) < 4.78 is 38.2. The Balaban J connectivity index is 1.67.